The molecule has 196 valence electrons. The normalized spacial score (nSPS) is 22.4. The van der Waals surface area contributed by atoms with Crippen LogP contribution in [0, 0.1) is 5.82 Å². The fourth-order valence-corrected chi connectivity index (χ4v) is 5.03. The molecule has 2 aliphatic heterocycles. The molecule has 11 heteroatoms. The highest BCUT2D eigenvalue weighted by molar-refractivity contribution is 5.75. The quantitative estimate of drug-likeness (QED) is 0.486. The SMILES string of the molecule is NC1CCN(C(=O)N2CC(c3ccc(OC(F)(F)F)cc3)CC(c3nc(-c4cccc(F)c4)co3)C2)C1. The minimum atomic E-state index is -4.78. The molecule has 3 unspecified atom stereocenters. The Balaban J connectivity index is 1.40. The van der Waals surface area contributed by atoms with E-state index in [1.807, 2.05) is 0 Å². The second kappa shape index (κ2) is 10.0. The zero-order chi connectivity index (χ0) is 26.2. The molecule has 37 heavy (non-hydrogen) atoms. The van der Waals surface area contributed by atoms with Crippen LogP contribution in [0.1, 0.15) is 36.1 Å². The molecule has 0 radical (unpaired) electrons. The molecule has 0 spiro atoms. The number of piperidine rings is 1. The van der Waals surface area contributed by atoms with Gasteiger partial charge in [0.15, 0.2) is 5.89 Å². The number of rotatable bonds is 4. The Hall–Kier alpha value is -3.60. The zero-order valence-electron chi connectivity index (χ0n) is 19.8. The summed E-state index contributed by atoms with van der Waals surface area (Å²) in [5, 5.41) is 0. The van der Waals surface area contributed by atoms with Gasteiger partial charge in [-0.05, 0) is 42.7 Å². The molecular weight excluding hydrogens is 492 g/mol. The van der Waals surface area contributed by atoms with Crippen molar-refractivity contribution in [3.63, 3.8) is 0 Å². The number of benzene rings is 2. The van der Waals surface area contributed by atoms with Gasteiger partial charge in [0.25, 0.3) is 0 Å². The Labute approximate surface area is 210 Å². The maximum absolute atomic E-state index is 13.7. The third-order valence-corrected chi connectivity index (χ3v) is 6.79. The summed E-state index contributed by atoms with van der Waals surface area (Å²) in [7, 11) is 0. The van der Waals surface area contributed by atoms with Crippen molar-refractivity contribution in [1.29, 1.82) is 0 Å². The highest BCUT2D eigenvalue weighted by Gasteiger charge is 2.37. The van der Waals surface area contributed by atoms with Crippen LogP contribution in [0.15, 0.2) is 59.2 Å². The van der Waals surface area contributed by atoms with Gasteiger partial charge in [-0.1, -0.05) is 24.3 Å². The molecule has 3 aromatic rings. The zero-order valence-corrected chi connectivity index (χ0v) is 19.8. The average Bonchev–Trinajstić information content (AvgIpc) is 3.52. The summed E-state index contributed by atoms with van der Waals surface area (Å²) in [5.74, 6) is -0.735. The second-order valence-electron chi connectivity index (χ2n) is 9.51. The summed E-state index contributed by atoms with van der Waals surface area (Å²) in [6.07, 6.45) is -2.03. The number of likely N-dealkylation sites (tertiary alicyclic amines) is 2. The number of aromatic nitrogens is 1. The fourth-order valence-electron chi connectivity index (χ4n) is 5.03. The number of carbonyl (C=O) groups is 1. The van der Waals surface area contributed by atoms with Crippen LogP contribution in [0.3, 0.4) is 0 Å². The van der Waals surface area contributed by atoms with E-state index in [-0.39, 0.29) is 29.7 Å². The molecule has 0 saturated carbocycles. The topological polar surface area (TPSA) is 84.8 Å². The lowest BCUT2D eigenvalue weighted by Crippen LogP contribution is -2.48. The number of carbonyl (C=O) groups excluding carboxylic acids is 1. The van der Waals surface area contributed by atoms with E-state index >= 15 is 0 Å². The van der Waals surface area contributed by atoms with Crippen LogP contribution < -0.4 is 10.5 Å². The molecule has 2 N–H and O–H groups in total. The van der Waals surface area contributed by atoms with Crippen LogP contribution in [0.5, 0.6) is 5.75 Å². The molecule has 2 fully saturated rings. The van der Waals surface area contributed by atoms with Crippen molar-refractivity contribution in [2.45, 2.75) is 37.1 Å². The first-order chi connectivity index (χ1) is 17.6. The Morgan fingerprint density at radius 3 is 2.49 bits per heavy atom. The number of hydrogen-bond acceptors (Lipinski definition) is 5. The lowest BCUT2D eigenvalue weighted by atomic mass is 9.84. The summed E-state index contributed by atoms with van der Waals surface area (Å²) in [4.78, 5) is 21.4. The number of urea groups is 1. The number of oxazole rings is 1. The van der Waals surface area contributed by atoms with Gasteiger partial charge in [0.05, 0.1) is 5.92 Å². The molecule has 2 amide bonds. The summed E-state index contributed by atoms with van der Waals surface area (Å²) in [5.41, 5.74) is 7.82. The van der Waals surface area contributed by atoms with Crippen molar-refractivity contribution >= 4 is 6.03 Å². The molecule has 2 aliphatic rings. The van der Waals surface area contributed by atoms with Gasteiger partial charge in [0, 0.05) is 43.7 Å². The number of nitrogens with zero attached hydrogens (tertiary/aromatic N) is 3. The fraction of sp³-hybridized carbons (Fsp3) is 0.385. The molecule has 3 atom stereocenters. The molecule has 0 aliphatic carbocycles. The first-order valence-corrected chi connectivity index (χ1v) is 12.0. The lowest BCUT2D eigenvalue weighted by Gasteiger charge is -2.38. The summed E-state index contributed by atoms with van der Waals surface area (Å²) in [6, 6.07) is 11.5. The second-order valence-corrected chi connectivity index (χ2v) is 9.51. The first-order valence-electron chi connectivity index (χ1n) is 12.0. The van der Waals surface area contributed by atoms with Gasteiger partial charge in [-0.3, -0.25) is 0 Å². The summed E-state index contributed by atoms with van der Waals surface area (Å²) in [6.45, 7) is 1.78. The molecule has 0 bridgehead atoms. The van der Waals surface area contributed by atoms with E-state index < -0.39 is 12.2 Å². The van der Waals surface area contributed by atoms with Crippen molar-refractivity contribution in [2.24, 2.45) is 5.73 Å². The minimum absolute atomic E-state index is 0.0675. The highest BCUT2D eigenvalue weighted by atomic mass is 19.4. The van der Waals surface area contributed by atoms with E-state index in [1.165, 1.54) is 30.5 Å². The molecule has 3 heterocycles. The number of amides is 2. The van der Waals surface area contributed by atoms with Crippen molar-refractivity contribution < 1.29 is 31.5 Å². The van der Waals surface area contributed by atoms with Crippen LogP contribution in [0.2, 0.25) is 0 Å². The maximum Gasteiger partial charge on any atom is 0.573 e. The van der Waals surface area contributed by atoms with Gasteiger partial charge < -0.3 is 24.7 Å². The molecule has 1 aromatic heterocycles. The smallest absolute Gasteiger partial charge is 0.448 e. The Morgan fingerprint density at radius 1 is 1.05 bits per heavy atom. The van der Waals surface area contributed by atoms with Crippen molar-refractivity contribution in [3.8, 4) is 17.0 Å². The van der Waals surface area contributed by atoms with Crippen LogP contribution in [-0.4, -0.2) is 59.4 Å². The van der Waals surface area contributed by atoms with Crippen LogP contribution >= 0.6 is 0 Å². The van der Waals surface area contributed by atoms with E-state index in [2.05, 4.69) is 9.72 Å². The highest BCUT2D eigenvalue weighted by Crippen LogP contribution is 2.38. The van der Waals surface area contributed by atoms with Gasteiger partial charge in [-0.2, -0.15) is 0 Å². The van der Waals surface area contributed by atoms with Gasteiger partial charge >= 0.3 is 12.4 Å². The van der Waals surface area contributed by atoms with Crippen LogP contribution in [0.4, 0.5) is 22.4 Å². The van der Waals surface area contributed by atoms with E-state index in [1.54, 1.807) is 34.1 Å². The average molecular weight is 519 g/mol. The van der Waals surface area contributed by atoms with Gasteiger partial charge in [0.1, 0.15) is 23.5 Å². The number of nitrogens with two attached hydrogens (primary N) is 1. The van der Waals surface area contributed by atoms with Crippen molar-refractivity contribution in [2.75, 3.05) is 26.2 Å². The van der Waals surface area contributed by atoms with Gasteiger partial charge in [0.2, 0.25) is 0 Å². The largest absolute Gasteiger partial charge is 0.573 e. The van der Waals surface area contributed by atoms with Gasteiger partial charge in [-0.15, -0.1) is 13.2 Å². The van der Waals surface area contributed by atoms with E-state index in [0.717, 1.165) is 12.0 Å². The molecular formula is C26H26F4N4O3. The lowest BCUT2D eigenvalue weighted by molar-refractivity contribution is -0.274. The third-order valence-electron chi connectivity index (χ3n) is 6.79. The predicted octanol–water partition coefficient (Wildman–Crippen LogP) is 5.11. The standard InChI is InChI=1S/C26H26F4N4O3/c27-20-3-1-2-17(11-20)23-15-36-24(32-23)19-10-18(16-4-6-22(7-5-16)37-26(28,29)30)12-34(13-19)25(35)33-9-8-21(31)14-33/h1-7,11,15,18-19,21H,8-10,12-14,31H2. The Bertz CT molecular complexity index is 1250. The molecule has 2 aromatic carbocycles. The number of ether oxygens (including phenoxy) is 1. The number of alkyl halides is 3. The Morgan fingerprint density at radius 2 is 1.81 bits per heavy atom. The maximum atomic E-state index is 13.7. The summed E-state index contributed by atoms with van der Waals surface area (Å²) < 4.78 is 61.2. The Kier molecular flexibility index (Phi) is 6.80. The van der Waals surface area contributed by atoms with Crippen LogP contribution in [0.25, 0.3) is 11.3 Å². The van der Waals surface area contributed by atoms with Crippen molar-refractivity contribution in [1.82, 2.24) is 14.8 Å². The number of halogens is 4. The minimum Gasteiger partial charge on any atom is -0.448 e. The van der Waals surface area contributed by atoms with E-state index in [4.69, 9.17) is 10.2 Å². The first kappa shape index (κ1) is 25.1. The van der Waals surface area contributed by atoms with E-state index in [9.17, 15) is 22.4 Å². The molecule has 7 nitrogen and oxygen atoms in total. The van der Waals surface area contributed by atoms with Crippen LogP contribution in [-0.2, 0) is 0 Å². The van der Waals surface area contributed by atoms with Gasteiger partial charge in [-0.25, -0.2) is 14.2 Å². The predicted molar refractivity (Wildman–Crippen MR) is 126 cm³/mol. The monoisotopic (exact) mass is 518 g/mol. The third kappa shape index (κ3) is 5.87. The summed E-state index contributed by atoms with van der Waals surface area (Å²) >= 11 is 0. The van der Waals surface area contributed by atoms with E-state index in [0.29, 0.717) is 49.7 Å². The molecule has 2 saturated heterocycles. The molecule has 5 rings (SSSR count). The van der Waals surface area contributed by atoms with Crippen molar-refractivity contribution in [3.05, 3.63) is 72.1 Å². The number of hydrogen-bond donors (Lipinski definition) is 1.